The van der Waals surface area contributed by atoms with Gasteiger partial charge in [0.2, 0.25) is 0 Å². The summed E-state index contributed by atoms with van der Waals surface area (Å²) < 4.78 is 0. The molecule has 0 heterocycles. The molecule has 2 atom stereocenters. The van der Waals surface area contributed by atoms with Crippen molar-refractivity contribution in [1.29, 1.82) is 0 Å². The molecule has 0 saturated heterocycles. The van der Waals surface area contributed by atoms with Crippen molar-refractivity contribution in [3.05, 3.63) is 35.9 Å². The number of rotatable bonds is 3. The molecule has 4 bridgehead atoms. The van der Waals surface area contributed by atoms with Crippen LogP contribution < -0.4 is 5.32 Å². The SMILES string of the molecule is C[C@]12CC3CC(CNC(=O)c4ccccc4)(C1)C[C@](C)(C3)C2. The predicted molar refractivity (Wildman–Crippen MR) is 88.6 cm³/mol. The van der Waals surface area contributed by atoms with E-state index >= 15 is 0 Å². The van der Waals surface area contributed by atoms with Crippen LogP contribution in [0.25, 0.3) is 0 Å². The van der Waals surface area contributed by atoms with Crippen molar-refractivity contribution < 1.29 is 4.79 Å². The predicted octanol–water partition coefficient (Wildman–Crippen LogP) is 4.41. The Balaban J connectivity index is 1.50. The van der Waals surface area contributed by atoms with Gasteiger partial charge >= 0.3 is 0 Å². The van der Waals surface area contributed by atoms with E-state index < -0.39 is 0 Å². The van der Waals surface area contributed by atoms with Crippen molar-refractivity contribution in [2.75, 3.05) is 6.54 Å². The number of nitrogens with one attached hydrogen (secondary N) is 1. The zero-order valence-corrected chi connectivity index (χ0v) is 13.8. The molecule has 0 spiro atoms. The molecule has 2 nitrogen and oxygen atoms in total. The summed E-state index contributed by atoms with van der Waals surface area (Å²) in [5.74, 6) is 0.978. The van der Waals surface area contributed by atoms with Crippen LogP contribution in [0.5, 0.6) is 0 Å². The summed E-state index contributed by atoms with van der Waals surface area (Å²) >= 11 is 0. The van der Waals surface area contributed by atoms with Gasteiger partial charge in [-0.05, 0) is 72.8 Å². The maximum atomic E-state index is 12.4. The average molecular weight is 297 g/mol. The first kappa shape index (κ1) is 14.3. The fraction of sp³-hybridized carbons (Fsp3) is 0.650. The van der Waals surface area contributed by atoms with Crippen molar-refractivity contribution in [2.24, 2.45) is 22.2 Å². The van der Waals surface area contributed by atoms with E-state index in [1.807, 2.05) is 30.3 Å². The third kappa shape index (κ3) is 2.37. The van der Waals surface area contributed by atoms with Crippen LogP contribution in [0.4, 0.5) is 0 Å². The van der Waals surface area contributed by atoms with E-state index in [2.05, 4.69) is 19.2 Å². The molecule has 0 aliphatic heterocycles. The summed E-state index contributed by atoms with van der Waals surface area (Å²) in [5.41, 5.74) is 2.18. The molecule has 4 fully saturated rings. The minimum absolute atomic E-state index is 0.0895. The summed E-state index contributed by atoms with van der Waals surface area (Å²) in [6.07, 6.45) is 8.16. The van der Waals surface area contributed by atoms with Crippen LogP contribution in [0, 0.1) is 22.2 Å². The van der Waals surface area contributed by atoms with Gasteiger partial charge in [0, 0.05) is 12.1 Å². The Morgan fingerprint density at radius 3 is 2.27 bits per heavy atom. The largest absolute Gasteiger partial charge is 0.351 e. The molecule has 1 aromatic rings. The number of carbonyl (C=O) groups is 1. The fourth-order valence-electron chi connectivity index (χ4n) is 6.84. The van der Waals surface area contributed by atoms with Crippen molar-refractivity contribution in [1.82, 2.24) is 5.32 Å². The number of amides is 1. The third-order valence-corrected chi connectivity index (χ3v) is 6.40. The normalized spacial score (nSPS) is 42.4. The molecule has 4 saturated carbocycles. The van der Waals surface area contributed by atoms with Gasteiger partial charge in [-0.15, -0.1) is 0 Å². The van der Waals surface area contributed by atoms with Crippen LogP contribution in [0.3, 0.4) is 0 Å². The monoisotopic (exact) mass is 297 g/mol. The van der Waals surface area contributed by atoms with Crippen LogP contribution in [-0.4, -0.2) is 12.5 Å². The van der Waals surface area contributed by atoms with E-state index in [9.17, 15) is 4.79 Å². The lowest BCUT2D eigenvalue weighted by molar-refractivity contribution is -0.142. The molecule has 4 aliphatic carbocycles. The fourth-order valence-corrected chi connectivity index (χ4v) is 6.84. The van der Waals surface area contributed by atoms with Crippen molar-refractivity contribution in [2.45, 2.75) is 52.4 Å². The number of hydrogen-bond donors (Lipinski definition) is 1. The van der Waals surface area contributed by atoms with Gasteiger partial charge in [-0.3, -0.25) is 4.79 Å². The zero-order valence-electron chi connectivity index (χ0n) is 13.8. The Labute approximate surface area is 133 Å². The Morgan fingerprint density at radius 1 is 1.05 bits per heavy atom. The maximum absolute atomic E-state index is 12.4. The minimum atomic E-state index is 0.0895. The highest BCUT2D eigenvalue weighted by molar-refractivity contribution is 5.94. The van der Waals surface area contributed by atoms with Crippen LogP contribution >= 0.6 is 0 Å². The van der Waals surface area contributed by atoms with Crippen LogP contribution in [0.15, 0.2) is 30.3 Å². The van der Waals surface area contributed by atoms with E-state index in [-0.39, 0.29) is 5.91 Å². The van der Waals surface area contributed by atoms with E-state index in [4.69, 9.17) is 0 Å². The standard InChI is InChI=1S/C20H27NO/c1-18-8-15-9-19(2,11-18)13-20(10-15,12-18)14-21-17(22)16-6-4-3-5-7-16/h3-7,15H,8-14H2,1-2H3,(H,21,22)/t15?,18-,19-,20?/m1/s1. The molecular formula is C20H27NO. The average Bonchev–Trinajstić information content (AvgIpc) is 2.42. The molecule has 2 heteroatoms. The number of hydrogen-bond acceptors (Lipinski definition) is 1. The van der Waals surface area contributed by atoms with E-state index in [0.717, 1.165) is 18.0 Å². The molecule has 0 unspecified atom stereocenters. The molecule has 0 radical (unpaired) electrons. The smallest absolute Gasteiger partial charge is 0.251 e. The van der Waals surface area contributed by atoms with Gasteiger partial charge in [0.1, 0.15) is 0 Å². The Hall–Kier alpha value is -1.31. The summed E-state index contributed by atoms with van der Waals surface area (Å²) in [4.78, 5) is 12.4. The van der Waals surface area contributed by atoms with Gasteiger partial charge < -0.3 is 5.32 Å². The summed E-state index contributed by atoms with van der Waals surface area (Å²) in [7, 11) is 0. The first-order valence-electron chi connectivity index (χ1n) is 8.73. The highest BCUT2D eigenvalue weighted by Gasteiger charge is 2.59. The summed E-state index contributed by atoms with van der Waals surface area (Å²) in [6.45, 7) is 5.84. The van der Waals surface area contributed by atoms with Gasteiger partial charge in [-0.2, -0.15) is 0 Å². The van der Waals surface area contributed by atoms with Gasteiger partial charge in [0.25, 0.3) is 5.91 Å². The zero-order chi connectivity index (χ0) is 15.4. The first-order valence-corrected chi connectivity index (χ1v) is 8.73. The Bertz CT molecular complexity index is 575. The molecule has 1 N–H and O–H groups in total. The second-order valence-electron chi connectivity index (χ2n) is 9.18. The summed E-state index contributed by atoms with van der Waals surface area (Å²) in [6, 6.07) is 9.62. The highest BCUT2D eigenvalue weighted by Crippen LogP contribution is 2.69. The lowest BCUT2D eigenvalue weighted by Gasteiger charge is -2.65. The van der Waals surface area contributed by atoms with E-state index in [0.29, 0.717) is 16.2 Å². The number of benzene rings is 1. The van der Waals surface area contributed by atoms with E-state index in [1.54, 1.807) is 0 Å². The summed E-state index contributed by atoms with van der Waals surface area (Å²) in [5, 5.41) is 3.25. The second-order valence-corrected chi connectivity index (χ2v) is 9.18. The van der Waals surface area contributed by atoms with Crippen LogP contribution in [0.2, 0.25) is 0 Å². The van der Waals surface area contributed by atoms with Crippen LogP contribution in [-0.2, 0) is 0 Å². The van der Waals surface area contributed by atoms with Crippen molar-refractivity contribution in [3.63, 3.8) is 0 Å². The van der Waals surface area contributed by atoms with E-state index in [1.165, 1.54) is 38.5 Å². The second kappa shape index (κ2) is 4.59. The van der Waals surface area contributed by atoms with Gasteiger partial charge in [-0.25, -0.2) is 0 Å². The van der Waals surface area contributed by atoms with Gasteiger partial charge in [-0.1, -0.05) is 32.0 Å². The van der Waals surface area contributed by atoms with Crippen molar-refractivity contribution in [3.8, 4) is 0 Å². The minimum Gasteiger partial charge on any atom is -0.351 e. The van der Waals surface area contributed by atoms with Gasteiger partial charge in [0.05, 0.1) is 0 Å². The first-order chi connectivity index (χ1) is 10.4. The highest BCUT2D eigenvalue weighted by atomic mass is 16.1. The Kier molecular flexibility index (Phi) is 2.99. The molecule has 1 amide bonds. The van der Waals surface area contributed by atoms with Gasteiger partial charge in [0.15, 0.2) is 0 Å². The van der Waals surface area contributed by atoms with Crippen LogP contribution in [0.1, 0.15) is 62.7 Å². The molecule has 5 rings (SSSR count). The molecule has 1 aromatic carbocycles. The lowest BCUT2D eigenvalue weighted by Crippen LogP contribution is -2.58. The molecule has 118 valence electrons. The molecule has 4 aliphatic rings. The lowest BCUT2D eigenvalue weighted by atomic mass is 9.40. The Morgan fingerprint density at radius 2 is 1.68 bits per heavy atom. The topological polar surface area (TPSA) is 29.1 Å². The third-order valence-electron chi connectivity index (χ3n) is 6.40. The molecular weight excluding hydrogens is 270 g/mol. The molecule has 22 heavy (non-hydrogen) atoms. The van der Waals surface area contributed by atoms with Crippen molar-refractivity contribution >= 4 is 5.91 Å². The molecule has 0 aromatic heterocycles. The quantitative estimate of drug-likeness (QED) is 0.879. The number of carbonyl (C=O) groups excluding carboxylic acids is 1. The maximum Gasteiger partial charge on any atom is 0.251 e.